The van der Waals surface area contributed by atoms with Crippen LogP contribution in [-0.2, 0) is 4.79 Å². The molecule has 0 saturated heterocycles. The van der Waals surface area contributed by atoms with Gasteiger partial charge in [-0.2, -0.15) is 0 Å². The van der Waals surface area contributed by atoms with Gasteiger partial charge in [-0.05, 0) is 25.5 Å². The molecule has 116 valence electrons. The summed E-state index contributed by atoms with van der Waals surface area (Å²) in [6, 6.07) is 2.99. The molecule has 0 aliphatic rings. The van der Waals surface area contributed by atoms with Crippen LogP contribution in [0.1, 0.15) is 30.6 Å². The third-order valence-electron chi connectivity index (χ3n) is 2.45. The van der Waals surface area contributed by atoms with E-state index in [1.807, 2.05) is 13.8 Å². The standard InChI is InChI=1S/C14H19ClN2O4/c1-3-5-21-13-10(15)6-9(7-11(13)20-4-2)14(19)17-8-12(16)18/h6-7H,3-5,8H2,1-2H3,(H2,16,18)(H,17,19). The molecule has 0 aromatic heterocycles. The Morgan fingerprint density at radius 1 is 1.29 bits per heavy atom. The van der Waals surface area contributed by atoms with Crippen molar-refractivity contribution in [2.24, 2.45) is 5.73 Å². The Labute approximate surface area is 128 Å². The van der Waals surface area contributed by atoms with Crippen molar-refractivity contribution in [2.75, 3.05) is 19.8 Å². The summed E-state index contributed by atoms with van der Waals surface area (Å²) < 4.78 is 11.0. The van der Waals surface area contributed by atoms with Gasteiger partial charge in [0.05, 0.1) is 24.8 Å². The fourth-order valence-corrected chi connectivity index (χ4v) is 1.84. The van der Waals surface area contributed by atoms with E-state index in [9.17, 15) is 9.59 Å². The number of ether oxygens (including phenoxy) is 2. The summed E-state index contributed by atoms with van der Waals surface area (Å²) in [5.74, 6) is -0.282. The molecular formula is C14H19ClN2O4. The fourth-order valence-electron chi connectivity index (χ4n) is 1.58. The minimum absolute atomic E-state index is 0.242. The molecule has 21 heavy (non-hydrogen) atoms. The van der Waals surface area contributed by atoms with Crippen LogP contribution in [0.3, 0.4) is 0 Å². The lowest BCUT2D eigenvalue weighted by atomic mass is 10.2. The van der Waals surface area contributed by atoms with Crippen molar-refractivity contribution >= 4 is 23.4 Å². The number of hydrogen-bond acceptors (Lipinski definition) is 4. The molecule has 0 saturated carbocycles. The first-order valence-corrected chi connectivity index (χ1v) is 7.03. The lowest BCUT2D eigenvalue weighted by Crippen LogP contribution is -2.33. The van der Waals surface area contributed by atoms with Gasteiger partial charge in [0.1, 0.15) is 0 Å². The first-order valence-electron chi connectivity index (χ1n) is 6.65. The third-order valence-corrected chi connectivity index (χ3v) is 2.73. The molecule has 1 aromatic rings. The van der Waals surface area contributed by atoms with E-state index in [0.717, 1.165) is 6.42 Å². The van der Waals surface area contributed by atoms with Crippen LogP contribution >= 0.6 is 11.6 Å². The third kappa shape index (κ3) is 5.15. The molecule has 1 rings (SSSR count). The van der Waals surface area contributed by atoms with Gasteiger partial charge in [-0.25, -0.2) is 0 Å². The number of primary amides is 1. The second kappa shape index (κ2) is 8.36. The lowest BCUT2D eigenvalue weighted by molar-refractivity contribution is -0.117. The van der Waals surface area contributed by atoms with E-state index in [1.165, 1.54) is 12.1 Å². The van der Waals surface area contributed by atoms with Crippen molar-refractivity contribution in [3.05, 3.63) is 22.7 Å². The van der Waals surface area contributed by atoms with Crippen molar-refractivity contribution < 1.29 is 19.1 Å². The molecule has 0 fully saturated rings. The fraction of sp³-hybridized carbons (Fsp3) is 0.429. The van der Waals surface area contributed by atoms with Crippen LogP contribution in [0, 0.1) is 0 Å². The van der Waals surface area contributed by atoms with Crippen LogP contribution < -0.4 is 20.5 Å². The van der Waals surface area contributed by atoms with E-state index >= 15 is 0 Å². The van der Waals surface area contributed by atoms with Gasteiger partial charge in [0.25, 0.3) is 5.91 Å². The minimum Gasteiger partial charge on any atom is -0.490 e. The molecule has 0 atom stereocenters. The van der Waals surface area contributed by atoms with E-state index in [2.05, 4.69) is 5.32 Å². The number of carbonyl (C=O) groups excluding carboxylic acids is 2. The second-order valence-electron chi connectivity index (χ2n) is 4.22. The summed E-state index contributed by atoms with van der Waals surface area (Å²) in [6.45, 7) is 4.45. The summed E-state index contributed by atoms with van der Waals surface area (Å²) in [4.78, 5) is 22.6. The van der Waals surface area contributed by atoms with Gasteiger partial charge in [0.15, 0.2) is 11.5 Å². The number of hydrogen-bond donors (Lipinski definition) is 2. The summed E-state index contributed by atoms with van der Waals surface area (Å²) in [7, 11) is 0. The van der Waals surface area contributed by atoms with Gasteiger partial charge in [0.2, 0.25) is 5.91 Å². The number of halogens is 1. The van der Waals surface area contributed by atoms with Crippen molar-refractivity contribution in [3.63, 3.8) is 0 Å². The summed E-state index contributed by atoms with van der Waals surface area (Å²) in [5, 5.41) is 2.67. The Kier molecular flexibility index (Phi) is 6.81. The van der Waals surface area contributed by atoms with Crippen molar-refractivity contribution in [1.29, 1.82) is 0 Å². The average molecular weight is 315 g/mol. The average Bonchev–Trinajstić information content (AvgIpc) is 2.44. The van der Waals surface area contributed by atoms with Crippen LogP contribution in [0.4, 0.5) is 0 Å². The highest BCUT2D eigenvalue weighted by Crippen LogP contribution is 2.36. The van der Waals surface area contributed by atoms with Crippen LogP contribution in [-0.4, -0.2) is 31.6 Å². The number of rotatable bonds is 8. The van der Waals surface area contributed by atoms with E-state index in [1.54, 1.807) is 0 Å². The quantitative estimate of drug-likeness (QED) is 0.764. The molecule has 7 heteroatoms. The molecule has 0 spiro atoms. The summed E-state index contributed by atoms with van der Waals surface area (Å²) in [5.41, 5.74) is 5.25. The summed E-state index contributed by atoms with van der Waals surface area (Å²) >= 11 is 6.14. The topological polar surface area (TPSA) is 90.6 Å². The smallest absolute Gasteiger partial charge is 0.251 e. The van der Waals surface area contributed by atoms with Gasteiger partial charge in [-0.15, -0.1) is 0 Å². The zero-order chi connectivity index (χ0) is 15.8. The zero-order valence-electron chi connectivity index (χ0n) is 12.1. The molecule has 0 aliphatic carbocycles. The maximum absolute atomic E-state index is 11.9. The largest absolute Gasteiger partial charge is 0.490 e. The van der Waals surface area contributed by atoms with Crippen molar-refractivity contribution in [2.45, 2.75) is 20.3 Å². The molecular weight excluding hydrogens is 296 g/mol. The normalized spacial score (nSPS) is 10.0. The zero-order valence-corrected chi connectivity index (χ0v) is 12.8. The Morgan fingerprint density at radius 3 is 2.57 bits per heavy atom. The Hall–Kier alpha value is -1.95. The van der Waals surface area contributed by atoms with E-state index in [4.69, 9.17) is 26.8 Å². The molecule has 0 aliphatic heterocycles. The monoisotopic (exact) mass is 314 g/mol. The number of nitrogens with one attached hydrogen (secondary N) is 1. The van der Waals surface area contributed by atoms with Gasteiger partial charge in [-0.1, -0.05) is 18.5 Å². The predicted octanol–water partition coefficient (Wildman–Crippen LogP) is 1.74. The minimum atomic E-state index is -0.623. The molecule has 0 radical (unpaired) electrons. The van der Waals surface area contributed by atoms with Crippen LogP contribution in [0.15, 0.2) is 12.1 Å². The van der Waals surface area contributed by atoms with Crippen molar-refractivity contribution in [1.82, 2.24) is 5.32 Å². The molecule has 1 aromatic carbocycles. The second-order valence-corrected chi connectivity index (χ2v) is 4.62. The van der Waals surface area contributed by atoms with Crippen LogP contribution in [0.2, 0.25) is 5.02 Å². The summed E-state index contributed by atoms with van der Waals surface area (Å²) in [6.07, 6.45) is 0.822. The first kappa shape index (κ1) is 17.1. The van der Waals surface area contributed by atoms with E-state index < -0.39 is 11.8 Å². The maximum Gasteiger partial charge on any atom is 0.251 e. The SMILES string of the molecule is CCCOc1c(Cl)cc(C(=O)NCC(N)=O)cc1OCC. The number of amides is 2. The molecule has 2 amide bonds. The highest BCUT2D eigenvalue weighted by Gasteiger charge is 2.16. The predicted molar refractivity (Wildman–Crippen MR) is 79.9 cm³/mol. The van der Waals surface area contributed by atoms with E-state index in [0.29, 0.717) is 24.7 Å². The molecule has 0 unspecified atom stereocenters. The van der Waals surface area contributed by atoms with Gasteiger partial charge in [0, 0.05) is 5.56 Å². The van der Waals surface area contributed by atoms with Crippen LogP contribution in [0.25, 0.3) is 0 Å². The molecule has 6 nitrogen and oxygen atoms in total. The molecule has 3 N–H and O–H groups in total. The van der Waals surface area contributed by atoms with Crippen molar-refractivity contribution in [3.8, 4) is 11.5 Å². The van der Waals surface area contributed by atoms with Gasteiger partial charge >= 0.3 is 0 Å². The van der Waals surface area contributed by atoms with E-state index in [-0.39, 0.29) is 17.1 Å². The van der Waals surface area contributed by atoms with Gasteiger partial charge < -0.3 is 20.5 Å². The Morgan fingerprint density at radius 2 is 2.00 bits per heavy atom. The van der Waals surface area contributed by atoms with Gasteiger partial charge in [-0.3, -0.25) is 9.59 Å². The first-order chi connectivity index (χ1) is 9.99. The lowest BCUT2D eigenvalue weighted by Gasteiger charge is -2.14. The molecule has 0 heterocycles. The number of nitrogens with two attached hydrogens (primary N) is 1. The molecule has 0 bridgehead atoms. The Balaban J connectivity index is 3.01. The highest BCUT2D eigenvalue weighted by molar-refractivity contribution is 6.32. The number of carbonyl (C=O) groups is 2. The highest BCUT2D eigenvalue weighted by atomic mass is 35.5. The maximum atomic E-state index is 11.9. The van der Waals surface area contributed by atoms with Crippen LogP contribution in [0.5, 0.6) is 11.5 Å². The number of benzene rings is 1. The Bertz CT molecular complexity index is 520.